The average Bonchev–Trinajstić information content (AvgIpc) is 3.48. The fourth-order valence-electron chi connectivity index (χ4n) is 10.2. The Morgan fingerprint density at radius 2 is 1.02 bits per heavy atom. The molecule has 58 heavy (non-hydrogen) atoms. The molecule has 6 heteroatoms. The molecule has 6 aromatic carbocycles. The molecule has 0 aromatic heterocycles. The number of ether oxygens (including phenoxy) is 4. The van der Waals surface area contributed by atoms with Gasteiger partial charge in [-0.2, -0.15) is 0 Å². The predicted octanol–water partition coefficient (Wildman–Crippen LogP) is 11.6. The fraction of sp³-hybridized carbons (Fsp3) is 0.269. The number of fused-ring (bicyclic) bond motifs is 5. The van der Waals surface area contributed by atoms with Gasteiger partial charge in [0, 0.05) is 40.4 Å². The van der Waals surface area contributed by atoms with Gasteiger partial charge in [0.25, 0.3) is 5.79 Å². The Hall–Kier alpha value is -6.14. The number of Topliss-reactive ketones (excluding diaryl/α,β-unsaturated/α-hetero) is 1. The molecule has 0 N–H and O–H groups in total. The van der Waals surface area contributed by atoms with Gasteiger partial charge in [-0.3, -0.25) is 4.79 Å². The summed E-state index contributed by atoms with van der Waals surface area (Å²) in [7, 11) is 1.68. The maximum absolute atomic E-state index is 14.0. The van der Waals surface area contributed by atoms with Gasteiger partial charge in [0.2, 0.25) is 0 Å². The summed E-state index contributed by atoms with van der Waals surface area (Å²) in [5, 5.41) is 0. The van der Waals surface area contributed by atoms with Crippen molar-refractivity contribution in [2.75, 3.05) is 7.11 Å². The number of hydrogen-bond donors (Lipinski definition) is 0. The summed E-state index contributed by atoms with van der Waals surface area (Å²) in [5.74, 6) is 1.41. The number of esters is 1. The molecule has 0 saturated carbocycles. The van der Waals surface area contributed by atoms with Crippen LogP contribution < -0.4 is 18.9 Å². The lowest BCUT2D eigenvalue weighted by molar-refractivity contribution is -0.166. The topological polar surface area (TPSA) is 71.1 Å². The summed E-state index contributed by atoms with van der Waals surface area (Å²) in [6.07, 6.45) is 1.18. The average molecular weight is 769 g/mol. The highest BCUT2D eigenvalue weighted by atomic mass is 16.7. The number of aryl methyl sites for hydroxylation is 2. The van der Waals surface area contributed by atoms with E-state index in [0.29, 0.717) is 29.9 Å². The van der Waals surface area contributed by atoms with Crippen LogP contribution in [0.5, 0.6) is 23.0 Å². The second-order valence-corrected chi connectivity index (χ2v) is 17.6. The van der Waals surface area contributed by atoms with Crippen LogP contribution >= 0.6 is 0 Å². The highest BCUT2D eigenvalue weighted by Gasteiger charge is 2.54. The van der Waals surface area contributed by atoms with Gasteiger partial charge in [0.1, 0.15) is 23.0 Å². The van der Waals surface area contributed by atoms with Crippen molar-refractivity contribution in [3.63, 3.8) is 0 Å². The van der Waals surface area contributed by atoms with Crippen LogP contribution in [0.15, 0.2) is 121 Å². The van der Waals surface area contributed by atoms with Crippen molar-refractivity contribution in [3.05, 3.63) is 177 Å². The molecule has 6 aromatic rings. The predicted molar refractivity (Wildman–Crippen MR) is 227 cm³/mol. The van der Waals surface area contributed by atoms with E-state index in [4.69, 9.17) is 18.9 Å². The normalized spacial score (nSPS) is 18.8. The molecule has 0 saturated heterocycles. The van der Waals surface area contributed by atoms with Gasteiger partial charge in [0.15, 0.2) is 5.78 Å². The molecule has 0 bridgehead atoms. The monoisotopic (exact) mass is 768 g/mol. The Morgan fingerprint density at radius 1 is 0.569 bits per heavy atom. The third kappa shape index (κ3) is 5.75. The number of carbonyl (C=O) groups excluding carboxylic acids is 2. The Bertz CT molecular complexity index is 2600. The van der Waals surface area contributed by atoms with E-state index in [-0.39, 0.29) is 11.2 Å². The minimum absolute atomic E-state index is 0.0432. The van der Waals surface area contributed by atoms with Gasteiger partial charge in [0.05, 0.1) is 18.1 Å². The molecule has 1 spiro atoms. The first-order valence-electron chi connectivity index (χ1n) is 20.0. The third-order valence-electron chi connectivity index (χ3n) is 12.7. The zero-order valence-corrected chi connectivity index (χ0v) is 34.4. The Balaban J connectivity index is 1.03. The lowest BCUT2D eigenvalue weighted by Crippen LogP contribution is -2.55. The second kappa shape index (κ2) is 13.2. The number of hydrogen-bond acceptors (Lipinski definition) is 6. The Morgan fingerprint density at radius 3 is 1.50 bits per heavy atom. The number of rotatable bonds is 6. The molecule has 3 aliphatic rings. The summed E-state index contributed by atoms with van der Waals surface area (Å²) < 4.78 is 25.3. The molecule has 9 rings (SSSR count). The van der Waals surface area contributed by atoms with E-state index in [1.807, 2.05) is 62.4 Å². The maximum Gasteiger partial charge on any atom is 0.343 e. The molecule has 6 nitrogen and oxygen atoms in total. The van der Waals surface area contributed by atoms with Crippen molar-refractivity contribution in [1.29, 1.82) is 0 Å². The fourth-order valence-corrected chi connectivity index (χ4v) is 10.2. The van der Waals surface area contributed by atoms with E-state index >= 15 is 0 Å². The first-order valence-corrected chi connectivity index (χ1v) is 20.0. The van der Waals surface area contributed by atoms with Crippen LogP contribution in [0.25, 0.3) is 11.1 Å². The van der Waals surface area contributed by atoms with E-state index < -0.39 is 22.6 Å². The summed E-state index contributed by atoms with van der Waals surface area (Å²) in [6, 6.07) is 41.3. The summed E-state index contributed by atoms with van der Waals surface area (Å²) in [5.41, 5.74) is 10.5. The van der Waals surface area contributed by atoms with Gasteiger partial charge in [-0.05, 0) is 114 Å². The van der Waals surface area contributed by atoms with Gasteiger partial charge < -0.3 is 18.9 Å². The number of benzene rings is 6. The quantitative estimate of drug-likeness (QED) is 0.0953. The van der Waals surface area contributed by atoms with Crippen LogP contribution in [0.3, 0.4) is 0 Å². The highest BCUT2D eigenvalue weighted by molar-refractivity contribution is 5.96. The van der Waals surface area contributed by atoms with Crippen molar-refractivity contribution >= 4 is 11.8 Å². The summed E-state index contributed by atoms with van der Waals surface area (Å²) in [4.78, 5) is 26.4. The lowest BCUT2D eigenvalue weighted by atomic mass is 9.68. The minimum Gasteiger partial charge on any atom is -0.497 e. The van der Waals surface area contributed by atoms with E-state index in [2.05, 4.69) is 100 Å². The molecular formula is C52H48O6. The Kier molecular flexibility index (Phi) is 8.52. The van der Waals surface area contributed by atoms with Crippen molar-refractivity contribution in [3.8, 4) is 34.1 Å². The third-order valence-corrected chi connectivity index (χ3v) is 12.7. The number of methoxy groups -OCH3 is 1. The van der Waals surface area contributed by atoms with Crippen LogP contribution in [0.2, 0.25) is 0 Å². The zero-order chi connectivity index (χ0) is 40.8. The minimum atomic E-state index is -0.920. The van der Waals surface area contributed by atoms with Crippen LogP contribution in [0, 0.1) is 13.8 Å². The van der Waals surface area contributed by atoms with Gasteiger partial charge in [-0.25, -0.2) is 4.79 Å². The van der Waals surface area contributed by atoms with E-state index in [1.165, 1.54) is 22.3 Å². The molecule has 1 unspecified atom stereocenters. The van der Waals surface area contributed by atoms with E-state index in [1.54, 1.807) is 14.0 Å². The van der Waals surface area contributed by atoms with Crippen molar-refractivity contribution < 1.29 is 28.5 Å². The van der Waals surface area contributed by atoms with E-state index in [9.17, 15) is 9.59 Å². The molecule has 2 heterocycles. The number of ketones is 1. The van der Waals surface area contributed by atoms with Crippen LogP contribution in [-0.2, 0) is 16.2 Å². The van der Waals surface area contributed by atoms with Crippen LogP contribution in [0.4, 0.5) is 0 Å². The van der Waals surface area contributed by atoms with Gasteiger partial charge in [-0.15, -0.1) is 0 Å². The second-order valence-electron chi connectivity index (χ2n) is 17.6. The standard InChI is InChI=1S/C52H48O6/c1-31-25-46-44(27-40(31)33(3)53)49(4,5)29-51(57-46)30-50(6,7)45-28-41(32(2)26-47(45)58-51)48(54)56-37-23-19-35(20-24-37)52(34-17-21-36(55-8)22-18-34)42-15-11-9-13-38(42)39-14-10-12-16-43(39)52/h9-28H,29-30H2,1-8H3. The summed E-state index contributed by atoms with van der Waals surface area (Å²) >= 11 is 0. The van der Waals surface area contributed by atoms with Crippen molar-refractivity contribution in [2.24, 2.45) is 0 Å². The van der Waals surface area contributed by atoms with Crippen LogP contribution in [0.1, 0.15) is 113 Å². The van der Waals surface area contributed by atoms with E-state index in [0.717, 1.165) is 50.4 Å². The molecule has 1 aliphatic carbocycles. The first-order chi connectivity index (χ1) is 27.7. The first kappa shape index (κ1) is 37.4. The summed E-state index contributed by atoms with van der Waals surface area (Å²) in [6.45, 7) is 14.2. The maximum atomic E-state index is 14.0. The molecule has 0 fully saturated rings. The molecule has 2 aliphatic heterocycles. The zero-order valence-electron chi connectivity index (χ0n) is 34.4. The van der Waals surface area contributed by atoms with Crippen LogP contribution in [-0.4, -0.2) is 24.6 Å². The number of carbonyl (C=O) groups is 2. The smallest absolute Gasteiger partial charge is 0.343 e. The Labute approximate surface area is 340 Å². The largest absolute Gasteiger partial charge is 0.497 e. The van der Waals surface area contributed by atoms with Gasteiger partial charge in [-0.1, -0.05) is 100 Å². The molecule has 292 valence electrons. The molecule has 1 atom stereocenters. The van der Waals surface area contributed by atoms with Crippen molar-refractivity contribution in [1.82, 2.24) is 0 Å². The molecule has 0 radical (unpaired) electrons. The van der Waals surface area contributed by atoms with Crippen molar-refractivity contribution in [2.45, 2.75) is 83.3 Å². The molecule has 0 amide bonds. The SMILES string of the molecule is COc1ccc(C2(c3ccc(OC(=O)c4cc5c(cc4C)OC4(CC(C)(C)c6cc(C(C)=O)c(C)cc6O4)CC5(C)C)cc3)c3ccccc3-c3ccccc32)cc1. The highest BCUT2D eigenvalue weighted by Crippen LogP contribution is 2.57. The lowest BCUT2D eigenvalue weighted by Gasteiger charge is -2.51. The van der Waals surface area contributed by atoms with Gasteiger partial charge >= 0.3 is 5.97 Å². The molecular weight excluding hydrogens is 721 g/mol.